The zero-order valence-electron chi connectivity index (χ0n) is 12.4. The van der Waals surface area contributed by atoms with Gasteiger partial charge in [-0.15, -0.1) is 0 Å². The highest BCUT2D eigenvalue weighted by atomic mass is 16.2. The minimum atomic E-state index is -0.470. The van der Waals surface area contributed by atoms with Crippen LogP contribution in [-0.4, -0.2) is 23.3 Å². The van der Waals surface area contributed by atoms with Crippen LogP contribution in [0.1, 0.15) is 18.1 Å². The normalized spacial score (nSPS) is 25.2. The molecule has 4 rings (SSSR count). The molecule has 2 amide bonds. The van der Waals surface area contributed by atoms with Crippen LogP contribution in [0.25, 0.3) is 0 Å². The molecule has 0 unspecified atom stereocenters. The van der Waals surface area contributed by atoms with Crippen molar-refractivity contribution in [3.05, 3.63) is 71.8 Å². The molecule has 0 bridgehead atoms. The summed E-state index contributed by atoms with van der Waals surface area (Å²) < 4.78 is 0. The molecule has 0 spiro atoms. The van der Waals surface area contributed by atoms with Crippen LogP contribution in [0.15, 0.2) is 60.7 Å². The van der Waals surface area contributed by atoms with Crippen molar-refractivity contribution in [1.29, 1.82) is 0 Å². The molecule has 0 radical (unpaired) electrons. The van der Waals surface area contributed by atoms with Crippen LogP contribution in [0.5, 0.6) is 0 Å². The number of hydrogen-bond donors (Lipinski definition) is 0. The molecular weight excluding hydrogens is 274 g/mol. The Labute approximate surface area is 129 Å². The first-order chi connectivity index (χ1) is 10.7. The van der Waals surface area contributed by atoms with E-state index in [1.165, 1.54) is 4.90 Å². The van der Waals surface area contributed by atoms with E-state index < -0.39 is 5.41 Å². The number of fused-ring (bicyclic) bond motifs is 1. The molecule has 2 fully saturated rings. The van der Waals surface area contributed by atoms with E-state index in [0.717, 1.165) is 11.1 Å². The van der Waals surface area contributed by atoms with E-state index in [4.69, 9.17) is 0 Å². The van der Waals surface area contributed by atoms with Crippen molar-refractivity contribution in [2.75, 3.05) is 6.54 Å². The summed E-state index contributed by atoms with van der Waals surface area (Å²) in [6.45, 7) is 2.32. The Morgan fingerprint density at radius 2 is 1.23 bits per heavy atom. The van der Waals surface area contributed by atoms with Crippen molar-refractivity contribution in [2.24, 2.45) is 11.8 Å². The number of amides is 2. The SMILES string of the molecule is CCN1C(=O)[C@@H]2[C@H](C1=O)C2(c1ccccc1)c1ccccc1. The third kappa shape index (κ3) is 1.46. The van der Waals surface area contributed by atoms with Crippen molar-refractivity contribution in [2.45, 2.75) is 12.3 Å². The lowest BCUT2D eigenvalue weighted by Gasteiger charge is -2.25. The lowest BCUT2D eigenvalue weighted by molar-refractivity contribution is -0.141. The van der Waals surface area contributed by atoms with Crippen LogP contribution in [0, 0.1) is 11.8 Å². The number of carbonyl (C=O) groups excluding carboxylic acids is 2. The molecule has 1 saturated carbocycles. The quantitative estimate of drug-likeness (QED) is 0.815. The molecule has 3 nitrogen and oxygen atoms in total. The van der Waals surface area contributed by atoms with Gasteiger partial charge in [0, 0.05) is 12.0 Å². The molecule has 22 heavy (non-hydrogen) atoms. The number of carbonyl (C=O) groups is 2. The first kappa shape index (κ1) is 13.3. The summed E-state index contributed by atoms with van der Waals surface area (Å²) in [5.74, 6) is -0.537. The van der Waals surface area contributed by atoms with Crippen molar-refractivity contribution in [3.63, 3.8) is 0 Å². The lowest BCUT2D eigenvalue weighted by Crippen LogP contribution is -2.39. The van der Waals surface area contributed by atoms with Crippen LogP contribution in [0.4, 0.5) is 0 Å². The van der Waals surface area contributed by atoms with E-state index in [1.807, 2.05) is 67.6 Å². The first-order valence-corrected chi connectivity index (χ1v) is 7.69. The lowest BCUT2D eigenvalue weighted by atomic mass is 9.83. The third-order valence-corrected chi connectivity index (χ3v) is 5.09. The molecule has 2 atom stereocenters. The van der Waals surface area contributed by atoms with Gasteiger partial charge in [0.25, 0.3) is 0 Å². The van der Waals surface area contributed by atoms with Crippen molar-refractivity contribution < 1.29 is 9.59 Å². The van der Waals surface area contributed by atoms with Crippen LogP contribution in [0.2, 0.25) is 0 Å². The Morgan fingerprint density at radius 3 is 1.59 bits per heavy atom. The van der Waals surface area contributed by atoms with Gasteiger partial charge in [0.2, 0.25) is 11.8 Å². The summed E-state index contributed by atoms with van der Waals surface area (Å²) in [5.41, 5.74) is 1.66. The second-order valence-electron chi connectivity index (χ2n) is 5.98. The minimum absolute atomic E-state index is 0.0230. The van der Waals surface area contributed by atoms with Crippen molar-refractivity contribution in [3.8, 4) is 0 Å². The first-order valence-electron chi connectivity index (χ1n) is 7.69. The number of rotatable bonds is 3. The number of imide groups is 1. The molecular formula is C19H17NO2. The van der Waals surface area contributed by atoms with Gasteiger partial charge in [0.05, 0.1) is 11.8 Å². The molecule has 2 aromatic carbocycles. The predicted molar refractivity (Wildman–Crippen MR) is 83.0 cm³/mol. The molecule has 110 valence electrons. The number of likely N-dealkylation sites (tertiary alicyclic amines) is 1. The molecule has 1 aliphatic heterocycles. The highest BCUT2D eigenvalue weighted by molar-refractivity contribution is 6.12. The van der Waals surface area contributed by atoms with E-state index in [9.17, 15) is 9.59 Å². The zero-order chi connectivity index (χ0) is 15.3. The maximum Gasteiger partial charge on any atom is 0.234 e. The van der Waals surface area contributed by atoms with Gasteiger partial charge in [-0.25, -0.2) is 0 Å². The number of hydrogen-bond acceptors (Lipinski definition) is 2. The maximum absolute atomic E-state index is 12.7. The maximum atomic E-state index is 12.7. The second kappa shape index (κ2) is 4.54. The van der Waals surface area contributed by atoms with Gasteiger partial charge in [-0.1, -0.05) is 60.7 Å². The molecule has 1 saturated heterocycles. The van der Waals surface area contributed by atoms with Gasteiger partial charge in [-0.3, -0.25) is 14.5 Å². The Kier molecular flexibility index (Phi) is 2.73. The van der Waals surface area contributed by atoms with Gasteiger partial charge in [-0.05, 0) is 18.1 Å². The van der Waals surface area contributed by atoms with Gasteiger partial charge in [0.1, 0.15) is 0 Å². The fraction of sp³-hybridized carbons (Fsp3) is 0.263. The zero-order valence-corrected chi connectivity index (χ0v) is 12.4. The van der Waals surface area contributed by atoms with Crippen molar-refractivity contribution in [1.82, 2.24) is 4.90 Å². The van der Waals surface area contributed by atoms with Crippen LogP contribution in [0.3, 0.4) is 0 Å². The summed E-state index contributed by atoms with van der Waals surface area (Å²) in [7, 11) is 0. The van der Waals surface area contributed by atoms with Gasteiger partial charge in [0.15, 0.2) is 0 Å². The van der Waals surface area contributed by atoms with E-state index in [1.54, 1.807) is 0 Å². The fourth-order valence-corrected chi connectivity index (χ4v) is 4.13. The van der Waals surface area contributed by atoms with Crippen molar-refractivity contribution >= 4 is 11.8 Å². The molecule has 0 N–H and O–H groups in total. The fourth-order valence-electron chi connectivity index (χ4n) is 4.13. The van der Waals surface area contributed by atoms with Gasteiger partial charge < -0.3 is 0 Å². The van der Waals surface area contributed by atoms with Gasteiger partial charge >= 0.3 is 0 Å². The smallest absolute Gasteiger partial charge is 0.234 e. The van der Waals surface area contributed by atoms with E-state index in [-0.39, 0.29) is 23.7 Å². The molecule has 0 aromatic heterocycles. The average molecular weight is 291 g/mol. The van der Waals surface area contributed by atoms with Crippen LogP contribution >= 0.6 is 0 Å². The Hall–Kier alpha value is -2.42. The topological polar surface area (TPSA) is 37.4 Å². The number of piperidine rings is 1. The standard InChI is InChI=1S/C19H17NO2/c1-2-20-17(21)15-16(18(20)22)19(15,13-9-5-3-6-10-13)14-11-7-4-8-12-14/h3-12,15-16H,2H2,1H3/t15-,16+. The Bertz CT molecular complexity index is 675. The molecule has 2 aromatic rings. The molecule has 1 aliphatic carbocycles. The molecule has 2 aliphatic rings. The summed E-state index contributed by atoms with van der Waals surface area (Å²) in [6, 6.07) is 19.9. The van der Waals surface area contributed by atoms with E-state index in [2.05, 4.69) is 0 Å². The van der Waals surface area contributed by atoms with E-state index in [0.29, 0.717) is 6.54 Å². The average Bonchev–Trinajstić information content (AvgIpc) is 3.21. The number of benzene rings is 2. The molecule has 1 heterocycles. The Balaban J connectivity index is 1.89. The third-order valence-electron chi connectivity index (χ3n) is 5.09. The summed E-state index contributed by atoms with van der Waals surface area (Å²) in [4.78, 5) is 26.7. The highest BCUT2D eigenvalue weighted by Crippen LogP contribution is 2.67. The highest BCUT2D eigenvalue weighted by Gasteiger charge is 2.78. The molecule has 3 heteroatoms. The number of nitrogens with zero attached hydrogens (tertiary/aromatic N) is 1. The summed E-state index contributed by atoms with van der Waals surface area (Å²) in [6.07, 6.45) is 0. The Morgan fingerprint density at radius 1 is 0.818 bits per heavy atom. The summed E-state index contributed by atoms with van der Waals surface area (Å²) >= 11 is 0. The van der Waals surface area contributed by atoms with E-state index >= 15 is 0 Å². The summed E-state index contributed by atoms with van der Waals surface area (Å²) in [5, 5.41) is 0. The monoisotopic (exact) mass is 291 g/mol. The second-order valence-corrected chi connectivity index (χ2v) is 5.98. The van der Waals surface area contributed by atoms with Gasteiger partial charge in [-0.2, -0.15) is 0 Å². The van der Waals surface area contributed by atoms with Crippen LogP contribution in [-0.2, 0) is 15.0 Å². The largest absolute Gasteiger partial charge is 0.282 e. The van der Waals surface area contributed by atoms with Crippen LogP contribution < -0.4 is 0 Å². The minimum Gasteiger partial charge on any atom is -0.282 e. The predicted octanol–water partition coefficient (Wildman–Crippen LogP) is 2.61.